The summed E-state index contributed by atoms with van der Waals surface area (Å²) in [6.07, 6.45) is 4.98. The van der Waals surface area contributed by atoms with E-state index in [4.69, 9.17) is 0 Å². The average molecular weight is 349 g/mol. The molecule has 3 aromatic rings. The first-order valence-corrected chi connectivity index (χ1v) is 9.13. The standard InChI is InChI=1S/C20H23N5O/c1-12-16(13(2)22-20(26)21-12)10-11-19-23-14(3)24-25(19)18-9-5-7-15-6-4-8-17(15)18/h5,7,9H,4,6,8,10-11H2,1-3H3,(H,21,22,26). The summed E-state index contributed by atoms with van der Waals surface area (Å²) >= 11 is 0. The number of rotatable bonds is 4. The van der Waals surface area contributed by atoms with E-state index in [2.05, 4.69) is 38.2 Å². The van der Waals surface area contributed by atoms with Gasteiger partial charge in [-0.25, -0.2) is 14.5 Å². The van der Waals surface area contributed by atoms with Crippen molar-refractivity contribution >= 4 is 0 Å². The Morgan fingerprint density at radius 2 is 1.96 bits per heavy atom. The van der Waals surface area contributed by atoms with Crippen molar-refractivity contribution in [3.63, 3.8) is 0 Å². The van der Waals surface area contributed by atoms with E-state index in [1.807, 2.05) is 25.5 Å². The smallest absolute Gasteiger partial charge is 0.310 e. The summed E-state index contributed by atoms with van der Waals surface area (Å²) in [4.78, 5) is 23.0. The van der Waals surface area contributed by atoms with Crippen LogP contribution in [0.2, 0.25) is 0 Å². The molecule has 134 valence electrons. The number of aromatic nitrogens is 5. The van der Waals surface area contributed by atoms with Crippen LogP contribution in [0.1, 0.15) is 46.1 Å². The molecule has 0 unspecified atom stereocenters. The lowest BCUT2D eigenvalue weighted by molar-refractivity contribution is 0.751. The number of hydrogen-bond donors (Lipinski definition) is 1. The third kappa shape index (κ3) is 2.96. The Hall–Kier alpha value is -2.76. The second-order valence-electron chi connectivity index (χ2n) is 6.99. The second-order valence-corrected chi connectivity index (χ2v) is 6.99. The second kappa shape index (κ2) is 6.52. The minimum absolute atomic E-state index is 0.289. The van der Waals surface area contributed by atoms with Crippen molar-refractivity contribution in [3.8, 4) is 5.69 Å². The number of hydrogen-bond acceptors (Lipinski definition) is 4. The third-order valence-electron chi connectivity index (χ3n) is 5.18. The van der Waals surface area contributed by atoms with Gasteiger partial charge in [0.05, 0.1) is 5.69 Å². The minimum atomic E-state index is -0.289. The van der Waals surface area contributed by atoms with E-state index in [-0.39, 0.29) is 5.69 Å². The Labute approximate surface area is 152 Å². The highest BCUT2D eigenvalue weighted by atomic mass is 16.1. The van der Waals surface area contributed by atoms with Crippen LogP contribution in [0, 0.1) is 20.8 Å². The first-order chi connectivity index (χ1) is 12.5. The monoisotopic (exact) mass is 349 g/mol. The Kier molecular flexibility index (Phi) is 4.18. The lowest BCUT2D eigenvalue weighted by Gasteiger charge is -2.12. The summed E-state index contributed by atoms with van der Waals surface area (Å²) in [5.74, 6) is 1.73. The van der Waals surface area contributed by atoms with Crippen LogP contribution in [0.25, 0.3) is 5.69 Å². The zero-order valence-corrected chi connectivity index (χ0v) is 15.5. The highest BCUT2D eigenvalue weighted by molar-refractivity contribution is 5.48. The number of nitrogens with zero attached hydrogens (tertiary/aromatic N) is 4. The van der Waals surface area contributed by atoms with E-state index in [0.29, 0.717) is 0 Å². The van der Waals surface area contributed by atoms with Gasteiger partial charge in [0.1, 0.15) is 11.6 Å². The predicted octanol–water partition coefficient (Wildman–Crippen LogP) is 2.55. The van der Waals surface area contributed by atoms with E-state index < -0.39 is 0 Å². The lowest BCUT2D eigenvalue weighted by Crippen LogP contribution is -2.17. The van der Waals surface area contributed by atoms with Gasteiger partial charge in [-0.05, 0) is 69.2 Å². The largest absolute Gasteiger partial charge is 0.345 e. The molecule has 0 aliphatic heterocycles. The molecule has 0 radical (unpaired) electrons. The Balaban J connectivity index is 1.68. The highest BCUT2D eigenvalue weighted by Gasteiger charge is 2.19. The van der Waals surface area contributed by atoms with Crippen molar-refractivity contribution in [2.45, 2.75) is 52.9 Å². The first kappa shape index (κ1) is 16.7. The molecule has 0 bridgehead atoms. The fraction of sp³-hybridized carbons (Fsp3) is 0.400. The Bertz CT molecular complexity index is 1000. The summed E-state index contributed by atoms with van der Waals surface area (Å²) in [5, 5.41) is 4.66. The molecule has 1 aliphatic rings. The van der Waals surface area contributed by atoms with Crippen molar-refractivity contribution in [1.29, 1.82) is 0 Å². The first-order valence-electron chi connectivity index (χ1n) is 9.13. The molecule has 0 spiro atoms. The highest BCUT2D eigenvalue weighted by Crippen LogP contribution is 2.28. The lowest BCUT2D eigenvalue weighted by atomic mass is 10.1. The molecule has 2 aromatic heterocycles. The van der Waals surface area contributed by atoms with E-state index in [1.54, 1.807) is 0 Å². The summed E-state index contributed by atoms with van der Waals surface area (Å²) in [6.45, 7) is 5.74. The summed E-state index contributed by atoms with van der Waals surface area (Å²) in [6, 6.07) is 6.47. The van der Waals surface area contributed by atoms with Crippen LogP contribution in [0.3, 0.4) is 0 Å². The van der Waals surface area contributed by atoms with Crippen molar-refractivity contribution in [3.05, 3.63) is 68.4 Å². The molecule has 1 N–H and O–H groups in total. The van der Waals surface area contributed by atoms with Gasteiger partial charge in [0.2, 0.25) is 0 Å². The van der Waals surface area contributed by atoms with Crippen LogP contribution in [0.5, 0.6) is 0 Å². The van der Waals surface area contributed by atoms with E-state index in [0.717, 1.165) is 60.0 Å². The van der Waals surface area contributed by atoms with Crippen LogP contribution in [-0.2, 0) is 25.7 Å². The molecular weight excluding hydrogens is 326 g/mol. The molecule has 0 saturated heterocycles. The van der Waals surface area contributed by atoms with Gasteiger partial charge >= 0.3 is 5.69 Å². The zero-order chi connectivity index (χ0) is 18.3. The van der Waals surface area contributed by atoms with Gasteiger partial charge in [0, 0.05) is 17.8 Å². The molecule has 0 amide bonds. The molecular formula is C20H23N5O. The fourth-order valence-corrected chi connectivity index (χ4v) is 3.97. The van der Waals surface area contributed by atoms with Gasteiger partial charge in [0.15, 0.2) is 0 Å². The maximum absolute atomic E-state index is 11.5. The molecule has 0 saturated carbocycles. The van der Waals surface area contributed by atoms with Crippen LogP contribution >= 0.6 is 0 Å². The fourth-order valence-electron chi connectivity index (χ4n) is 3.97. The molecule has 1 aliphatic carbocycles. The van der Waals surface area contributed by atoms with E-state index in [1.165, 1.54) is 17.5 Å². The van der Waals surface area contributed by atoms with Gasteiger partial charge in [-0.15, -0.1) is 0 Å². The molecule has 26 heavy (non-hydrogen) atoms. The van der Waals surface area contributed by atoms with Crippen LogP contribution in [0.15, 0.2) is 23.0 Å². The quantitative estimate of drug-likeness (QED) is 0.785. The number of aromatic amines is 1. The molecule has 6 nitrogen and oxygen atoms in total. The van der Waals surface area contributed by atoms with Gasteiger partial charge in [-0.1, -0.05) is 12.1 Å². The van der Waals surface area contributed by atoms with Crippen molar-refractivity contribution in [2.24, 2.45) is 0 Å². The van der Waals surface area contributed by atoms with Crippen LogP contribution in [-0.4, -0.2) is 24.7 Å². The van der Waals surface area contributed by atoms with Crippen molar-refractivity contribution in [2.75, 3.05) is 0 Å². The van der Waals surface area contributed by atoms with Crippen LogP contribution in [0.4, 0.5) is 0 Å². The number of nitrogens with one attached hydrogen (secondary N) is 1. The van der Waals surface area contributed by atoms with E-state index >= 15 is 0 Å². The topological polar surface area (TPSA) is 76.5 Å². The summed E-state index contributed by atoms with van der Waals surface area (Å²) in [7, 11) is 0. The molecule has 2 heterocycles. The molecule has 1 aromatic carbocycles. The minimum Gasteiger partial charge on any atom is -0.310 e. The summed E-state index contributed by atoms with van der Waals surface area (Å²) < 4.78 is 2.00. The van der Waals surface area contributed by atoms with Gasteiger partial charge in [-0.2, -0.15) is 10.1 Å². The SMILES string of the molecule is Cc1nc(CCc2c(C)nc(=O)[nH]c2C)n(-c2cccc3c2CCC3)n1. The maximum Gasteiger partial charge on any atom is 0.345 e. The predicted molar refractivity (Wildman–Crippen MR) is 99.9 cm³/mol. The maximum atomic E-state index is 11.5. The number of H-pyrrole nitrogens is 1. The number of benzene rings is 1. The summed E-state index contributed by atoms with van der Waals surface area (Å²) in [5.41, 5.74) is 6.44. The average Bonchev–Trinajstić information content (AvgIpc) is 3.19. The molecule has 4 rings (SSSR count). The Morgan fingerprint density at radius 1 is 1.12 bits per heavy atom. The van der Waals surface area contributed by atoms with Crippen molar-refractivity contribution in [1.82, 2.24) is 24.7 Å². The van der Waals surface area contributed by atoms with Crippen molar-refractivity contribution < 1.29 is 0 Å². The van der Waals surface area contributed by atoms with Gasteiger partial charge in [-0.3, -0.25) is 0 Å². The number of aryl methyl sites for hydroxylation is 5. The Morgan fingerprint density at radius 3 is 2.77 bits per heavy atom. The normalized spacial score (nSPS) is 13.2. The third-order valence-corrected chi connectivity index (χ3v) is 5.18. The number of fused-ring (bicyclic) bond motifs is 1. The van der Waals surface area contributed by atoms with Gasteiger partial charge in [0.25, 0.3) is 0 Å². The van der Waals surface area contributed by atoms with E-state index in [9.17, 15) is 4.79 Å². The molecule has 6 heteroatoms. The molecule has 0 fully saturated rings. The zero-order valence-electron chi connectivity index (χ0n) is 15.5. The molecule has 0 atom stereocenters. The van der Waals surface area contributed by atoms with Crippen LogP contribution < -0.4 is 5.69 Å². The van der Waals surface area contributed by atoms with Gasteiger partial charge < -0.3 is 4.98 Å².